The predicted molar refractivity (Wildman–Crippen MR) is 72.9 cm³/mol. The van der Waals surface area contributed by atoms with Crippen LogP contribution in [0.1, 0.15) is 31.2 Å². The van der Waals surface area contributed by atoms with Gasteiger partial charge in [0.05, 0.1) is 21.8 Å². The first kappa shape index (κ1) is 12.3. The Bertz CT molecular complexity index is 491. The lowest BCUT2D eigenvalue weighted by Gasteiger charge is -2.06. The summed E-state index contributed by atoms with van der Waals surface area (Å²) in [6, 6.07) is 6.05. The van der Waals surface area contributed by atoms with Crippen molar-refractivity contribution >= 4 is 21.6 Å². The van der Waals surface area contributed by atoms with Crippen LogP contribution in [0, 0.1) is 0 Å². The van der Waals surface area contributed by atoms with Crippen LogP contribution in [0.3, 0.4) is 0 Å². The van der Waals surface area contributed by atoms with Gasteiger partial charge < -0.3 is 10.5 Å². The van der Waals surface area contributed by atoms with E-state index >= 15 is 0 Å². The highest BCUT2D eigenvalue weighted by Gasteiger charge is 2.13. The fourth-order valence-corrected chi connectivity index (χ4v) is 2.99. The number of hydrogen-bond donors (Lipinski definition) is 1. The van der Waals surface area contributed by atoms with Crippen LogP contribution in [-0.4, -0.2) is 18.1 Å². The second-order valence-corrected chi connectivity index (χ2v) is 5.02. The monoisotopic (exact) mass is 250 g/mol. The summed E-state index contributed by atoms with van der Waals surface area (Å²) in [6.07, 6.45) is 1.04. The molecule has 1 aromatic heterocycles. The summed E-state index contributed by atoms with van der Waals surface area (Å²) in [5.41, 5.74) is 6.80. The number of nitrogens with two attached hydrogens (primary N) is 1. The van der Waals surface area contributed by atoms with E-state index in [-0.39, 0.29) is 0 Å². The van der Waals surface area contributed by atoms with Crippen LogP contribution in [0.4, 0.5) is 0 Å². The second-order valence-electron chi connectivity index (χ2n) is 3.96. The zero-order valence-electron chi connectivity index (χ0n) is 10.3. The van der Waals surface area contributed by atoms with Crippen molar-refractivity contribution < 1.29 is 4.74 Å². The third-order valence-electron chi connectivity index (χ3n) is 2.81. The van der Waals surface area contributed by atoms with E-state index in [1.165, 1.54) is 4.70 Å². The maximum Gasteiger partial charge on any atom is 0.120 e. The van der Waals surface area contributed by atoms with E-state index < -0.39 is 0 Å². The zero-order chi connectivity index (χ0) is 12.3. The number of rotatable bonds is 5. The molecule has 0 amide bonds. The Morgan fingerprint density at radius 3 is 2.88 bits per heavy atom. The summed E-state index contributed by atoms with van der Waals surface area (Å²) in [7, 11) is 0. The minimum absolute atomic E-state index is 0.378. The van der Waals surface area contributed by atoms with Crippen LogP contribution >= 0.6 is 11.3 Å². The summed E-state index contributed by atoms with van der Waals surface area (Å²) in [6.45, 7) is 5.49. The molecular weight excluding hydrogens is 232 g/mol. The lowest BCUT2D eigenvalue weighted by Crippen LogP contribution is -2.10. The van der Waals surface area contributed by atoms with E-state index in [4.69, 9.17) is 10.5 Å². The number of aromatic nitrogens is 1. The predicted octanol–water partition coefficient (Wildman–Crippen LogP) is 3.15. The highest BCUT2D eigenvalue weighted by molar-refractivity contribution is 7.18. The molecule has 17 heavy (non-hydrogen) atoms. The Labute approximate surface area is 106 Å². The maximum atomic E-state index is 5.76. The van der Waals surface area contributed by atoms with Gasteiger partial charge in [-0.1, -0.05) is 6.92 Å². The molecular formula is C13H18N2OS. The van der Waals surface area contributed by atoms with E-state index in [0.29, 0.717) is 19.1 Å². The molecule has 92 valence electrons. The van der Waals surface area contributed by atoms with Crippen molar-refractivity contribution in [1.29, 1.82) is 0 Å². The molecule has 0 saturated carbocycles. The van der Waals surface area contributed by atoms with Crippen LogP contribution in [0.15, 0.2) is 18.2 Å². The molecule has 0 bridgehead atoms. The highest BCUT2D eigenvalue weighted by atomic mass is 32.1. The quantitative estimate of drug-likeness (QED) is 0.886. The van der Waals surface area contributed by atoms with Crippen LogP contribution in [0.5, 0.6) is 5.75 Å². The Morgan fingerprint density at radius 2 is 2.24 bits per heavy atom. The lowest BCUT2D eigenvalue weighted by atomic mass is 10.1. The molecule has 1 atom stereocenters. The van der Waals surface area contributed by atoms with Crippen LogP contribution in [-0.2, 0) is 0 Å². The Morgan fingerprint density at radius 1 is 1.41 bits per heavy atom. The highest BCUT2D eigenvalue weighted by Crippen LogP contribution is 2.31. The molecule has 0 aliphatic carbocycles. The van der Waals surface area contributed by atoms with E-state index in [0.717, 1.165) is 22.7 Å². The van der Waals surface area contributed by atoms with Gasteiger partial charge in [-0.25, -0.2) is 4.98 Å². The molecule has 1 unspecified atom stereocenters. The number of ether oxygens (including phenoxy) is 1. The van der Waals surface area contributed by atoms with Gasteiger partial charge in [-0.05, 0) is 31.5 Å². The van der Waals surface area contributed by atoms with Gasteiger partial charge in [0.25, 0.3) is 0 Å². The summed E-state index contributed by atoms with van der Waals surface area (Å²) in [5, 5.41) is 1.14. The molecule has 1 aromatic carbocycles. The number of nitrogens with zero attached hydrogens (tertiary/aromatic N) is 1. The minimum atomic E-state index is 0.378. The Balaban J connectivity index is 2.36. The minimum Gasteiger partial charge on any atom is -0.494 e. The molecule has 0 aliphatic rings. The first-order chi connectivity index (χ1) is 8.28. The van der Waals surface area contributed by atoms with Crippen LogP contribution < -0.4 is 10.5 Å². The van der Waals surface area contributed by atoms with E-state index in [9.17, 15) is 0 Å². The maximum absolute atomic E-state index is 5.76. The van der Waals surface area contributed by atoms with Gasteiger partial charge in [0.1, 0.15) is 5.75 Å². The van der Waals surface area contributed by atoms with Gasteiger partial charge in [0.15, 0.2) is 0 Å². The number of fused-ring (bicyclic) bond motifs is 1. The summed E-state index contributed by atoms with van der Waals surface area (Å²) >= 11 is 1.72. The average molecular weight is 250 g/mol. The SMILES string of the molecule is CCOc1ccc2nc(C(CC)CN)sc2c1. The van der Waals surface area contributed by atoms with Crippen molar-refractivity contribution in [2.24, 2.45) is 5.73 Å². The molecule has 0 fully saturated rings. The molecule has 1 heterocycles. The fourth-order valence-electron chi connectivity index (χ4n) is 1.80. The van der Waals surface area contributed by atoms with Gasteiger partial charge in [0.2, 0.25) is 0 Å². The van der Waals surface area contributed by atoms with E-state index in [2.05, 4.69) is 18.0 Å². The lowest BCUT2D eigenvalue weighted by molar-refractivity contribution is 0.341. The van der Waals surface area contributed by atoms with E-state index in [1.54, 1.807) is 11.3 Å². The molecule has 0 aliphatic heterocycles. The average Bonchev–Trinajstić information content (AvgIpc) is 2.74. The topological polar surface area (TPSA) is 48.1 Å². The number of hydrogen-bond acceptors (Lipinski definition) is 4. The molecule has 2 aromatic rings. The van der Waals surface area contributed by atoms with Crippen molar-refractivity contribution in [2.45, 2.75) is 26.2 Å². The smallest absolute Gasteiger partial charge is 0.120 e. The van der Waals surface area contributed by atoms with Crippen molar-refractivity contribution in [1.82, 2.24) is 4.98 Å². The van der Waals surface area contributed by atoms with E-state index in [1.807, 2.05) is 19.1 Å². The first-order valence-corrected chi connectivity index (χ1v) is 6.83. The standard InChI is InChI=1S/C13H18N2OS/c1-3-9(8-14)13-15-11-6-5-10(16-4-2)7-12(11)17-13/h5-7,9H,3-4,8,14H2,1-2H3. The number of benzene rings is 1. The third-order valence-corrected chi connectivity index (χ3v) is 3.99. The molecule has 0 spiro atoms. The Kier molecular flexibility index (Phi) is 3.97. The Hall–Kier alpha value is -1.13. The van der Waals surface area contributed by atoms with Gasteiger partial charge in [-0.3, -0.25) is 0 Å². The molecule has 3 nitrogen and oxygen atoms in total. The van der Waals surface area contributed by atoms with Crippen molar-refractivity contribution in [3.8, 4) is 5.75 Å². The summed E-state index contributed by atoms with van der Waals surface area (Å²) in [5.74, 6) is 1.29. The van der Waals surface area contributed by atoms with Crippen LogP contribution in [0.2, 0.25) is 0 Å². The molecule has 0 saturated heterocycles. The molecule has 0 radical (unpaired) electrons. The van der Waals surface area contributed by atoms with Gasteiger partial charge >= 0.3 is 0 Å². The fraction of sp³-hybridized carbons (Fsp3) is 0.462. The zero-order valence-corrected chi connectivity index (χ0v) is 11.1. The molecule has 4 heteroatoms. The number of thiazole rings is 1. The normalized spacial score (nSPS) is 12.9. The largest absolute Gasteiger partial charge is 0.494 e. The van der Waals surface area contributed by atoms with Gasteiger partial charge in [-0.2, -0.15) is 0 Å². The summed E-state index contributed by atoms with van der Waals surface area (Å²) in [4.78, 5) is 4.64. The third kappa shape index (κ3) is 2.58. The first-order valence-electron chi connectivity index (χ1n) is 6.01. The van der Waals surface area contributed by atoms with Crippen molar-refractivity contribution in [3.63, 3.8) is 0 Å². The van der Waals surface area contributed by atoms with Crippen LogP contribution in [0.25, 0.3) is 10.2 Å². The van der Waals surface area contributed by atoms with Crippen molar-refractivity contribution in [2.75, 3.05) is 13.2 Å². The molecule has 2 N–H and O–H groups in total. The van der Waals surface area contributed by atoms with Gasteiger partial charge in [0, 0.05) is 12.5 Å². The van der Waals surface area contributed by atoms with Crippen molar-refractivity contribution in [3.05, 3.63) is 23.2 Å². The summed E-state index contributed by atoms with van der Waals surface area (Å²) < 4.78 is 6.67. The van der Waals surface area contributed by atoms with Gasteiger partial charge in [-0.15, -0.1) is 11.3 Å². The second kappa shape index (κ2) is 5.47. The molecule has 2 rings (SSSR count).